The molecule has 1 aromatic heterocycles. The second-order valence-electron chi connectivity index (χ2n) is 7.87. The minimum Gasteiger partial charge on any atom is -0.497 e. The minimum absolute atomic E-state index is 0.0797. The number of ether oxygens (including phenoxy) is 1. The van der Waals surface area contributed by atoms with E-state index in [0.717, 1.165) is 25.4 Å². The fraction of sp³-hybridized carbons (Fsp3) is 0.524. The van der Waals surface area contributed by atoms with Gasteiger partial charge >= 0.3 is 0 Å². The van der Waals surface area contributed by atoms with Crippen LogP contribution in [0.15, 0.2) is 36.5 Å². The van der Waals surface area contributed by atoms with Crippen LogP contribution in [0, 0.1) is 11.8 Å². The van der Waals surface area contributed by atoms with E-state index in [0.29, 0.717) is 23.6 Å². The van der Waals surface area contributed by atoms with Crippen molar-refractivity contribution in [2.45, 2.75) is 31.8 Å². The Labute approximate surface area is 160 Å². The van der Waals surface area contributed by atoms with Crippen LogP contribution < -0.4 is 4.74 Å². The van der Waals surface area contributed by atoms with E-state index in [-0.39, 0.29) is 5.91 Å². The summed E-state index contributed by atoms with van der Waals surface area (Å²) >= 11 is 0. The van der Waals surface area contributed by atoms with Gasteiger partial charge in [-0.1, -0.05) is 18.6 Å². The molecule has 0 radical (unpaired) electrons. The molecule has 2 aromatic rings. The molecule has 0 bridgehead atoms. The number of fused-ring (bicyclic) bond motifs is 1. The lowest BCUT2D eigenvalue weighted by molar-refractivity contribution is 0.0764. The zero-order chi connectivity index (χ0) is 18.8. The molecule has 2 heterocycles. The van der Waals surface area contributed by atoms with Crippen LogP contribution in [-0.4, -0.2) is 59.2 Å². The molecule has 1 saturated carbocycles. The maximum absolute atomic E-state index is 12.7. The van der Waals surface area contributed by atoms with Gasteiger partial charge in [0.25, 0.3) is 5.91 Å². The Kier molecular flexibility index (Phi) is 5.16. The lowest BCUT2D eigenvalue weighted by atomic mass is 9.77. The summed E-state index contributed by atoms with van der Waals surface area (Å²) in [4.78, 5) is 17.2. The quantitative estimate of drug-likeness (QED) is 0.882. The Balaban J connectivity index is 1.44. The lowest BCUT2D eigenvalue weighted by Gasteiger charge is -2.39. The van der Waals surface area contributed by atoms with E-state index in [1.807, 2.05) is 17.0 Å². The van der Waals surface area contributed by atoms with E-state index in [4.69, 9.17) is 4.74 Å². The highest BCUT2D eigenvalue weighted by molar-refractivity contribution is 5.92. The number of carbonyl (C=O) groups excluding carboxylic acids is 1. The number of hydrogen-bond acceptors (Lipinski definition) is 4. The largest absolute Gasteiger partial charge is 0.497 e. The van der Waals surface area contributed by atoms with Crippen molar-refractivity contribution in [2.24, 2.45) is 11.8 Å². The summed E-state index contributed by atoms with van der Waals surface area (Å²) < 4.78 is 5.36. The number of rotatable bonds is 5. The van der Waals surface area contributed by atoms with Crippen LogP contribution in [-0.2, 0) is 6.54 Å². The van der Waals surface area contributed by atoms with Crippen LogP contribution in [0.3, 0.4) is 0 Å². The van der Waals surface area contributed by atoms with Crippen LogP contribution in [0.25, 0.3) is 0 Å². The molecule has 3 atom stereocenters. The average molecular weight is 368 g/mol. The summed E-state index contributed by atoms with van der Waals surface area (Å²) in [7, 11) is 3.92. The Morgan fingerprint density at radius 3 is 3.00 bits per heavy atom. The lowest BCUT2D eigenvalue weighted by Crippen LogP contribution is -2.43. The molecule has 1 aromatic carbocycles. The topological polar surface area (TPSA) is 61.5 Å². The van der Waals surface area contributed by atoms with Gasteiger partial charge in [0, 0.05) is 31.9 Å². The summed E-state index contributed by atoms with van der Waals surface area (Å²) in [6, 6.07) is 10.6. The number of amides is 1. The van der Waals surface area contributed by atoms with Crippen LogP contribution >= 0.6 is 0 Å². The van der Waals surface area contributed by atoms with Crippen LogP contribution in [0.5, 0.6) is 5.75 Å². The number of likely N-dealkylation sites (tertiary alicyclic amines) is 1. The van der Waals surface area contributed by atoms with Crippen molar-refractivity contribution in [3.05, 3.63) is 47.8 Å². The number of nitrogens with zero attached hydrogens (tertiary/aromatic N) is 3. The smallest absolute Gasteiger partial charge is 0.271 e. The third-order valence-corrected chi connectivity index (χ3v) is 6.21. The summed E-state index contributed by atoms with van der Waals surface area (Å²) in [5, 5.41) is 6.73. The number of hydrogen-bond donors (Lipinski definition) is 1. The van der Waals surface area contributed by atoms with E-state index >= 15 is 0 Å². The molecule has 0 spiro atoms. The van der Waals surface area contributed by atoms with Crippen molar-refractivity contribution in [3.8, 4) is 5.75 Å². The average Bonchev–Trinajstić information content (AvgIpc) is 3.37. The first-order valence-corrected chi connectivity index (χ1v) is 9.77. The van der Waals surface area contributed by atoms with E-state index in [9.17, 15) is 4.79 Å². The van der Waals surface area contributed by atoms with E-state index in [2.05, 4.69) is 34.3 Å². The van der Waals surface area contributed by atoms with Gasteiger partial charge < -0.3 is 9.64 Å². The Hall–Kier alpha value is -2.34. The van der Waals surface area contributed by atoms with Gasteiger partial charge in [0.15, 0.2) is 0 Å². The number of benzene rings is 1. The van der Waals surface area contributed by atoms with Crippen molar-refractivity contribution in [1.29, 1.82) is 0 Å². The number of methoxy groups -OCH3 is 1. The van der Waals surface area contributed by atoms with Crippen molar-refractivity contribution in [3.63, 3.8) is 0 Å². The highest BCUT2D eigenvalue weighted by Crippen LogP contribution is 2.39. The summed E-state index contributed by atoms with van der Waals surface area (Å²) in [6.45, 7) is 2.61. The third kappa shape index (κ3) is 3.72. The van der Waals surface area contributed by atoms with Gasteiger partial charge in [-0.2, -0.15) is 5.10 Å². The number of carbonyl (C=O) groups is 1. The number of nitrogens with one attached hydrogen (secondary N) is 1. The zero-order valence-corrected chi connectivity index (χ0v) is 16.1. The van der Waals surface area contributed by atoms with E-state index in [1.165, 1.54) is 24.8 Å². The van der Waals surface area contributed by atoms with E-state index in [1.54, 1.807) is 19.4 Å². The van der Waals surface area contributed by atoms with Crippen molar-refractivity contribution >= 4 is 5.91 Å². The summed E-state index contributed by atoms with van der Waals surface area (Å²) in [6.07, 6.45) is 5.30. The van der Waals surface area contributed by atoms with Gasteiger partial charge in [-0.15, -0.1) is 0 Å². The normalized spacial score (nSPS) is 24.9. The maximum Gasteiger partial charge on any atom is 0.271 e. The maximum atomic E-state index is 12.7. The summed E-state index contributed by atoms with van der Waals surface area (Å²) in [5.74, 6) is 2.13. The molecule has 2 fully saturated rings. The molecule has 6 heteroatoms. The molecule has 1 amide bonds. The molecule has 27 heavy (non-hydrogen) atoms. The van der Waals surface area contributed by atoms with Crippen molar-refractivity contribution in [1.82, 2.24) is 20.0 Å². The molecule has 2 aliphatic rings. The highest BCUT2D eigenvalue weighted by atomic mass is 16.5. The highest BCUT2D eigenvalue weighted by Gasteiger charge is 2.43. The molecule has 4 rings (SSSR count). The van der Waals surface area contributed by atoms with Gasteiger partial charge in [0.1, 0.15) is 11.4 Å². The monoisotopic (exact) mass is 368 g/mol. The van der Waals surface area contributed by atoms with Gasteiger partial charge in [-0.3, -0.25) is 14.8 Å². The first kappa shape index (κ1) is 18.0. The van der Waals surface area contributed by atoms with Gasteiger partial charge in [0.05, 0.1) is 7.11 Å². The Bertz CT molecular complexity index is 776. The molecule has 3 unspecified atom stereocenters. The van der Waals surface area contributed by atoms with Gasteiger partial charge in [0.2, 0.25) is 0 Å². The second kappa shape index (κ2) is 7.72. The molecule has 1 N–H and O–H groups in total. The molecular weight excluding hydrogens is 340 g/mol. The second-order valence-corrected chi connectivity index (χ2v) is 7.87. The number of aromatic nitrogens is 2. The number of H-pyrrole nitrogens is 1. The Morgan fingerprint density at radius 2 is 2.22 bits per heavy atom. The van der Waals surface area contributed by atoms with Gasteiger partial charge in [-0.05, 0) is 55.5 Å². The minimum atomic E-state index is 0.0797. The van der Waals surface area contributed by atoms with Crippen LogP contribution in [0.4, 0.5) is 0 Å². The Morgan fingerprint density at radius 1 is 1.33 bits per heavy atom. The van der Waals surface area contributed by atoms with Crippen molar-refractivity contribution < 1.29 is 9.53 Å². The predicted octanol–water partition coefficient (Wildman–Crippen LogP) is 2.79. The predicted molar refractivity (Wildman–Crippen MR) is 104 cm³/mol. The summed E-state index contributed by atoms with van der Waals surface area (Å²) in [5.41, 5.74) is 1.86. The molecule has 1 aliphatic carbocycles. The SMILES string of the molecule is COc1cccc(CN(C)C2CCCC3CN(C(=O)c4ccn[nH]4)CC32)c1. The first-order valence-electron chi connectivity index (χ1n) is 9.77. The van der Waals surface area contributed by atoms with Crippen molar-refractivity contribution in [2.75, 3.05) is 27.2 Å². The van der Waals surface area contributed by atoms with Gasteiger partial charge in [-0.25, -0.2) is 0 Å². The standard InChI is InChI=1S/C21H28N4O2/c1-24(12-15-5-3-7-17(11-15)27-2)20-8-4-6-16-13-25(14-18(16)20)21(26)19-9-10-22-23-19/h3,5,7,9-11,16,18,20H,4,6,8,12-14H2,1-2H3,(H,22,23). The zero-order valence-electron chi connectivity index (χ0n) is 16.1. The molecule has 6 nitrogen and oxygen atoms in total. The fourth-order valence-corrected chi connectivity index (χ4v) is 4.88. The fourth-order valence-electron chi connectivity index (χ4n) is 4.88. The third-order valence-electron chi connectivity index (χ3n) is 6.21. The molecule has 1 saturated heterocycles. The molecule has 1 aliphatic heterocycles. The van der Waals surface area contributed by atoms with Crippen LogP contribution in [0.1, 0.15) is 35.3 Å². The van der Waals surface area contributed by atoms with E-state index < -0.39 is 0 Å². The molecule has 144 valence electrons. The first-order chi connectivity index (χ1) is 13.2. The van der Waals surface area contributed by atoms with Crippen LogP contribution in [0.2, 0.25) is 0 Å². The molecular formula is C21H28N4O2. The number of aromatic amines is 1.